The third-order valence-electron chi connectivity index (χ3n) is 7.70. The fourth-order valence-electron chi connectivity index (χ4n) is 5.19. The van der Waals surface area contributed by atoms with Gasteiger partial charge in [0.15, 0.2) is 0 Å². The second-order valence-corrected chi connectivity index (χ2v) is 13.7. The molecule has 1 saturated carbocycles. The van der Waals surface area contributed by atoms with Crippen molar-refractivity contribution in [1.29, 1.82) is 0 Å². The van der Waals surface area contributed by atoms with Crippen molar-refractivity contribution in [3.8, 4) is 0 Å². The minimum Gasteiger partial charge on any atom is -0.352 e. The summed E-state index contributed by atoms with van der Waals surface area (Å²) in [5.74, 6) is -0.777. The van der Waals surface area contributed by atoms with Gasteiger partial charge in [0.05, 0.1) is 10.6 Å². The van der Waals surface area contributed by atoms with E-state index in [1.165, 1.54) is 17.0 Å². The Morgan fingerprint density at radius 1 is 0.905 bits per heavy atom. The third kappa shape index (κ3) is 7.85. The highest BCUT2D eigenvalue weighted by Gasteiger charge is 2.33. The standard InChI is InChI=1S/C32H37Cl2N3O4S/c1-22-9-16-29(17-10-22)42(40,41)37(30-18-15-27(34)19-23(30)2)21-31(38)36(20-25-11-13-26(33)14-12-25)24(3)32(39)35-28-7-5-4-6-8-28/h9-19,24,28H,4-8,20-21H2,1-3H3,(H,35,39). The van der Waals surface area contributed by atoms with Crippen molar-refractivity contribution >= 4 is 50.7 Å². The predicted octanol–water partition coefficient (Wildman–Crippen LogP) is 6.67. The molecule has 3 aromatic carbocycles. The number of hydrogen-bond donors (Lipinski definition) is 1. The summed E-state index contributed by atoms with van der Waals surface area (Å²) in [5, 5.41) is 4.11. The highest BCUT2D eigenvalue weighted by Crippen LogP contribution is 2.30. The molecule has 0 aliphatic heterocycles. The van der Waals surface area contributed by atoms with Crippen molar-refractivity contribution in [2.75, 3.05) is 10.8 Å². The molecule has 7 nitrogen and oxygen atoms in total. The molecule has 42 heavy (non-hydrogen) atoms. The van der Waals surface area contributed by atoms with Crippen LogP contribution in [0.5, 0.6) is 0 Å². The molecule has 1 aliphatic carbocycles. The molecule has 0 heterocycles. The van der Waals surface area contributed by atoms with Gasteiger partial charge in [0.1, 0.15) is 12.6 Å². The summed E-state index contributed by atoms with van der Waals surface area (Å²) < 4.78 is 29.2. The Bertz CT molecular complexity index is 1510. The first-order valence-electron chi connectivity index (χ1n) is 14.2. The second-order valence-electron chi connectivity index (χ2n) is 10.9. The zero-order chi connectivity index (χ0) is 30.4. The lowest BCUT2D eigenvalue weighted by Crippen LogP contribution is -2.53. The molecule has 1 unspecified atom stereocenters. The zero-order valence-corrected chi connectivity index (χ0v) is 26.5. The minimum atomic E-state index is -4.16. The molecule has 1 fully saturated rings. The van der Waals surface area contributed by atoms with Crippen LogP contribution in [0.25, 0.3) is 0 Å². The summed E-state index contributed by atoms with van der Waals surface area (Å²) in [5.41, 5.74) is 2.60. The average molecular weight is 631 g/mol. The van der Waals surface area contributed by atoms with E-state index in [1.807, 2.05) is 6.92 Å². The number of anilines is 1. The van der Waals surface area contributed by atoms with Crippen LogP contribution >= 0.6 is 23.2 Å². The van der Waals surface area contributed by atoms with Gasteiger partial charge in [-0.15, -0.1) is 0 Å². The first kappa shape index (κ1) is 31.9. The number of carbonyl (C=O) groups is 2. The first-order valence-corrected chi connectivity index (χ1v) is 16.3. The van der Waals surface area contributed by atoms with E-state index in [9.17, 15) is 18.0 Å². The van der Waals surface area contributed by atoms with Crippen LogP contribution in [-0.2, 0) is 26.2 Å². The van der Waals surface area contributed by atoms with Crippen LogP contribution in [0.15, 0.2) is 71.6 Å². The molecule has 1 N–H and O–H groups in total. The maximum atomic E-state index is 14.1. The molecule has 1 aliphatic rings. The topological polar surface area (TPSA) is 86.8 Å². The molecule has 0 spiro atoms. The van der Waals surface area contributed by atoms with Crippen molar-refractivity contribution < 1.29 is 18.0 Å². The molecule has 0 saturated heterocycles. The molecule has 1 atom stereocenters. The number of hydrogen-bond acceptors (Lipinski definition) is 4. The molecule has 10 heteroatoms. The Hall–Kier alpha value is -3.07. The molecule has 3 aromatic rings. The lowest BCUT2D eigenvalue weighted by molar-refractivity contribution is -0.139. The van der Waals surface area contributed by atoms with Crippen molar-refractivity contribution in [3.05, 3.63) is 93.5 Å². The third-order valence-corrected chi connectivity index (χ3v) is 9.96. The van der Waals surface area contributed by atoms with Gasteiger partial charge in [0.25, 0.3) is 10.0 Å². The van der Waals surface area contributed by atoms with Crippen LogP contribution in [0, 0.1) is 13.8 Å². The first-order chi connectivity index (χ1) is 20.0. The molecule has 4 rings (SSSR count). The largest absolute Gasteiger partial charge is 0.352 e. The maximum absolute atomic E-state index is 14.1. The Balaban J connectivity index is 1.69. The van der Waals surface area contributed by atoms with Crippen LogP contribution in [-0.4, -0.2) is 43.8 Å². The lowest BCUT2D eigenvalue weighted by atomic mass is 9.95. The van der Waals surface area contributed by atoms with E-state index in [0.29, 0.717) is 21.3 Å². The van der Waals surface area contributed by atoms with Crippen LogP contribution in [0.4, 0.5) is 5.69 Å². The number of aryl methyl sites for hydroxylation is 2. The van der Waals surface area contributed by atoms with Gasteiger partial charge in [-0.25, -0.2) is 8.42 Å². The Morgan fingerprint density at radius 3 is 2.14 bits per heavy atom. The van der Waals surface area contributed by atoms with Crippen LogP contribution in [0.3, 0.4) is 0 Å². The lowest BCUT2D eigenvalue weighted by Gasteiger charge is -2.33. The molecule has 2 amide bonds. The Morgan fingerprint density at radius 2 is 1.52 bits per heavy atom. The van der Waals surface area contributed by atoms with Crippen LogP contribution < -0.4 is 9.62 Å². The summed E-state index contributed by atoms with van der Waals surface area (Å²) in [6.07, 6.45) is 5.07. The van der Waals surface area contributed by atoms with E-state index >= 15 is 0 Å². The summed E-state index contributed by atoms with van der Waals surface area (Å²) in [7, 11) is -4.16. The van der Waals surface area contributed by atoms with Gasteiger partial charge in [-0.05, 0) is 87.2 Å². The number of sulfonamides is 1. The highest BCUT2D eigenvalue weighted by atomic mass is 35.5. The van der Waals surface area contributed by atoms with Crippen LogP contribution in [0.1, 0.15) is 55.7 Å². The number of amides is 2. The normalized spacial score (nSPS) is 14.7. The van der Waals surface area contributed by atoms with E-state index in [2.05, 4.69) is 5.32 Å². The minimum absolute atomic E-state index is 0.0580. The molecular weight excluding hydrogens is 593 g/mol. The number of halogens is 2. The zero-order valence-electron chi connectivity index (χ0n) is 24.1. The van der Waals surface area contributed by atoms with E-state index < -0.39 is 28.5 Å². The molecular formula is C32H37Cl2N3O4S. The fraction of sp³-hybridized carbons (Fsp3) is 0.375. The Labute approximate surface area is 258 Å². The van der Waals surface area contributed by atoms with Crippen LogP contribution in [0.2, 0.25) is 10.0 Å². The van der Waals surface area contributed by atoms with Gasteiger partial charge in [-0.1, -0.05) is 72.3 Å². The average Bonchev–Trinajstić information content (AvgIpc) is 2.96. The van der Waals surface area contributed by atoms with Gasteiger partial charge in [0.2, 0.25) is 11.8 Å². The summed E-state index contributed by atoms with van der Waals surface area (Å²) in [4.78, 5) is 29.1. The smallest absolute Gasteiger partial charge is 0.264 e. The number of benzene rings is 3. The van der Waals surface area contributed by atoms with Gasteiger partial charge >= 0.3 is 0 Å². The summed E-state index contributed by atoms with van der Waals surface area (Å²) in [6, 6.07) is 17.6. The molecule has 0 bridgehead atoms. The number of nitrogens with zero attached hydrogens (tertiary/aromatic N) is 2. The number of carbonyl (C=O) groups excluding carboxylic acids is 2. The maximum Gasteiger partial charge on any atom is 0.264 e. The summed E-state index contributed by atoms with van der Waals surface area (Å²) >= 11 is 12.3. The van der Waals surface area contributed by atoms with E-state index in [-0.39, 0.29) is 23.4 Å². The second kappa shape index (κ2) is 13.9. The molecule has 0 radical (unpaired) electrons. The van der Waals surface area contributed by atoms with Crippen molar-refractivity contribution in [1.82, 2.24) is 10.2 Å². The molecule has 0 aromatic heterocycles. The van der Waals surface area contributed by atoms with Gasteiger partial charge < -0.3 is 10.2 Å². The number of rotatable bonds is 10. The predicted molar refractivity (Wildman–Crippen MR) is 168 cm³/mol. The van der Waals surface area contributed by atoms with E-state index in [0.717, 1.165) is 47.5 Å². The van der Waals surface area contributed by atoms with Crippen molar-refractivity contribution in [3.63, 3.8) is 0 Å². The van der Waals surface area contributed by atoms with E-state index in [4.69, 9.17) is 23.2 Å². The van der Waals surface area contributed by atoms with Gasteiger partial charge in [-0.2, -0.15) is 0 Å². The van der Waals surface area contributed by atoms with Gasteiger partial charge in [-0.3, -0.25) is 13.9 Å². The Kier molecular flexibility index (Phi) is 10.6. The quantitative estimate of drug-likeness (QED) is 0.271. The van der Waals surface area contributed by atoms with Gasteiger partial charge in [0, 0.05) is 22.6 Å². The van der Waals surface area contributed by atoms with E-state index in [1.54, 1.807) is 68.4 Å². The van der Waals surface area contributed by atoms with Crippen molar-refractivity contribution in [2.45, 2.75) is 76.4 Å². The fourth-order valence-corrected chi connectivity index (χ4v) is 7.02. The molecule has 224 valence electrons. The number of nitrogens with one attached hydrogen (secondary N) is 1. The van der Waals surface area contributed by atoms with Crippen molar-refractivity contribution in [2.24, 2.45) is 0 Å². The SMILES string of the molecule is Cc1ccc(S(=O)(=O)N(CC(=O)N(Cc2ccc(Cl)cc2)C(C)C(=O)NC2CCCCC2)c2ccc(Cl)cc2C)cc1. The monoisotopic (exact) mass is 629 g/mol. The highest BCUT2D eigenvalue weighted by molar-refractivity contribution is 7.92. The summed E-state index contributed by atoms with van der Waals surface area (Å²) in [6.45, 7) is 4.89.